The van der Waals surface area contributed by atoms with Gasteiger partial charge in [-0.1, -0.05) is 50.7 Å². The largest absolute Gasteiger partial charge is 0.497 e. The van der Waals surface area contributed by atoms with Gasteiger partial charge in [-0.25, -0.2) is 0 Å². The van der Waals surface area contributed by atoms with E-state index in [0.29, 0.717) is 11.1 Å². The first-order valence-corrected chi connectivity index (χ1v) is 12.5. The summed E-state index contributed by atoms with van der Waals surface area (Å²) in [6.07, 6.45) is 0.887. The van der Waals surface area contributed by atoms with Crippen LogP contribution in [0.4, 0.5) is 5.69 Å². The second kappa shape index (κ2) is 11.5. The molecule has 0 aliphatic heterocycles. The van der Waals surface area contributed by atoms with Crippen molar-refractivity contribution >= 4 is 23.4 Å². The van der Waals surface area contributed by atoms with Crippen molar-refractivity contribution in [1.29, 1.82) is 0 Å². The number of hydrogen-bond acceptors (Lipinski definition) is 6. The highest BCUT2D eigenvalue weighted by Gasteiger charge is 2.24. The van der Waals surface area contributed by atoms with Crippen LogP contribution in [0, 0.1) is 6.92 Å². The van der Waals surface area contributed by atoms with Gasteiger partial charge in [0.2, 0.25) is 5.91 Å². The number of hydrogen-bond donors (Lipinski definition) is 1. The Morgan fingerprint density at radius 2 is 1.85 bits per heavy atom. The van der Waals surface area contributed by atoms with E-state index in [0.717, 1.165) is 40.5 Å². The highest BCUT2D eigenvalue weighted by atomic mass is 32.2. The van der Waals surface area contributed by atoms with E-state index in [1.165, 1.54) is 11.8 Å². The highest BCUT2D eigenvalue weighted by Crippen LogP contribution is 2.31. The van der Waals surface area contributed by atoms with Crippen molar-refractivity contribution in [2.24, 2.45) is 0 Å². The molecule has 0 aliphatic carbocycles. The number of amides is 1. The third-order valence-corrected chi connectivity index (χ3v) is 6.75. The van der Waals surface area contributed by atoms with Crippen LogP contribution in [0.25, 0.3) is 5.69 Å². The molecule has 3 rings (SSSR count). The molecule has 0 bridgehead atoms. The number of rotatable bonds is 10. The van der Waals surface area contributed by atoms with Crippen molar-refractivity contribution in [3.8, 4) is 11.4 Å². The van der Waals surface area contributed by atoms with E-state index in [-0.39, 0.29) is 17.7 Å². The van der Waals surface area contributed by atoms with Crippen molar-refractivity contribution < 1.29 is 9.53 Å². The first-order chi connectivity index (χ1) is 16.3. The number of nitrogens with zero attached hydrogens (tertiary/aromatic N) is 4. The molecule has 3 aromatic rings. The minimum Gasteiger partial charge on any atom is -0.497 e. The van der Waals surface area contributed by atoms with Crippen molar-refractivity contribution in [2.75, 3.05) is 32.3 Å². The quantitative estimate of drug-likeness (QED) is 0.388. The molecule has 1 amide bonds. The summed E-state index contributed by atoms with van der Waals surface area (Å²) in [5, 5.41) is 12.8. The fourth-order valence-corrected chi connectivity index (χ4v) is 4.75. The first-order valence-electron chi connectivity index (χ1n) is 11.5. The van der Waals surface area contributed by atoms with Crippen LogP contribution in [0.3, 0.4) is 0 Å². The molecular weight excluding hydrogens is 446 g/mol. The molecule has 1 unspecified atom stereocenters. The van der Waals surface area contributed by atoms with Crippen LogP contribution >= 0.6 is 11.8 Å². The van der Waals surface area contributed by atoms with Crippen LogP contribution in [0.1, 0.15) is 56.1 Å². The summed E-state index contributed by atoms with van der Waals surface area (Å²) >= 11 is 1.39. The molecule has 1 atom stereocenters. The van der Waals surface area contributed by atoms with E-state index in [4.69, 9.17) is 4.74 Å². The number of nitrogens with one attached hydrogen (secondary N) is 1. The fourth-order valence-electron chi connectivity index (χ4n) is 3.99. The number of para-hydroxylation sites is 1. The molecule has 34 heavy (non-hydrogen) atoms. The average Bonchev–Trinajstić information content (AvgIpc) is 3.22. The number of benzene rings is 2. The third-order valence-electron chi connectivity index (χ3n) is 5.82. The zero-order chi connectivity index (χ0) is 24.8. The summed E-state index contributed by atoms with van der Waals surface area (Å²) < 4.78 is 7.36. The van der Waals surface area contributed by atoms with Crippen LogP contribution in [0.15, 0.2) is 47.6 Å². The van der Waals surface area contributed by atoms with Gasteiger partial charge in [-0.15, -0.1) is 10.2 Å². The summed E-state index contributed by atoms with van der Waals surface area (Å²) in [5.41, 5.74) is 4.04. The molecule has 1 N–H and O–H groups in total. The van der Waals surface area contributed by atoms with Gasteiger partial charge in [0.25, 0.3) is 0 Å². The van der Waals surface area contributed by atoms with Gasteiger partial charge in [0, 0.05) is 11.4 Å². The summed E-state index contributed by atoms with van der Waals surface area (Å²) in [5.74, 6) is 2.12. The lowest BCUT2D eigenvalue weighted by Crippen LogP contribution is -2.23. The average molecular weight is 482 g/mol. The van der Waals surface area contributed by atoms with Gasteiger partial charge >= 0.3 is 0 Å². The first kappa shape index (κ1) is 25.8. The second-order valence-electron chi connectivity index (χ2n) is 8.79. The number of thioether (sulfide) groups is 1. The molecule has 1 aromatic heterocycles. The van der Waals surface area contributed by atoms with Gasteiger partial charge in [0.05, 0.1) is 18.9 Å². The monoisotopic (exact) mass is 481 g/mol. The maximum atomic E-state index is 12.9. The van der Waals surface area contributed by atoms with Crippen molar-refractivity contribution in [3.63, 3.8) is 0 Å². The zero-order valence-electron chi connectivity index (χ0n) is 21.1. The van der Waals surface area contributed by atoms with Crippen molar-refractivity contribution in [2.45, 2.75) is 51.2 Å². The summed E-state index contributed by atoms with van der Waals surface area (Å²) in [7, 11) is 5.73. The zero-order valence-corrected chi connectivity index (χ0v) is 21.9. The van der Waals surface area contributed by atoms with Crippen LogP contribution in [-0.4, -0.2) is 52.5 Å². The SMILES string of the molecule is CCC(c1nnc(SCC(=O)Nc2c(C)cccc2C(C)C)n1-c1ccc(OC)cc1)N(C)C. The molecule has 182 valence electrons. The molecule has 0 saturated carbocycles. The van der Waals surface area contributed by atoms with E-state index in [9.17, 15) is 4.79 Å². The predicted molar refractivity (Wildman–Crippen MR) is 139 cm³/mol. The van der Waals surface area contributed by atoms with Crippen molar-refractivity contribution in [3.05, 3.63) is 59.4 Å². The van der Waals surface area contributed by atoms with Gasteiger partial charge in [-0.05, 0) is 68.8 Å². The molecular formula is C26H35N5O2S. The predicted octanol–water partition coefficient (Wildman–Crippen LogP) is 5.45. The van der Waals surface area contributed by atoms with Crippen LogP contribution in [-0.2, 0) is 4.79 Å². The maximum Gasteiger partial charge on any atom is 0.234 e. The molecule has 2 aromatic carbocycles. The molecule has 0 spiro atoms. The lowest BCUT2D eigenvalue weighted by Gasteiger charge is -2.23. The maximum absolute atomic E-state index is 12.9. The van der Waals surface area contributed by atoms with Gasteiger partial charge in [-0.2, -0.15) is 0 Å². The molecule has 0 saturated heterocycles. The fraction of sp³-hybridized carbons (Fsp3) is 0.423. The van der Waals surface area contributed by atoms with Crippen LogP contribution in [0.5, 0.6) is 5.75 Å². The lowest BCUT2D eigenvalue weighted by atomic mass is 9.98. The highest BCUT2D eigenvalue weighted by molar-refractivity contribution is 7.99. The Hall–Kier alpha value is -2.84. The van der Waals surface area contributed by atoms with Crippen molar-refractivity contribution in [1.82, 2.24) is 19.7 Å². The number of carbonyl (C=O) groups is 1. The third kappa shape index (κ3) is 5.80. The molecule has 0 radical (unpaired) electrons. The summed E-state index contributed by atoms with van der Waals surface area (Å²) in [6, 6.07) is 14.0. The number of aromatic nitrogens is 3. The Kier molecular flexibility index (Phi) is 8.74. The smallest absolute Gasteiger partial charge is 0.234 e. The van der Waals surface area contributed by atoms with E-state index in [1.54, 1.807) is 7.11 Å². The number of ether oxygens (including phenoxy) is 1. The normalized spacial score (nSPS) is 12.3. The number of aryl methyl sites for hydroxylation is 1. The Balaban J connectivity index is 1.87. The Labute approximate surface area is 206 Å². The molecule has 8 heteroatoms. The van der Waals surface area contributed by atoms with E-state index in [1.807, 2.05) is 62.0 Å². The van der Waals surface area contributed by atoms with Gasteiger partial charge in [-0.3, -0.25) is 14.3 Å². The minimum absolute atomic E-state index is 0.0633. The van der Waals surface area contributed by atoms with E-state index < -0.39 is 0 Å². The summed E-state index contributed by atoms with van der Waals surface area (Å²) in [6.45, 7) is 8.42. The van der Waals surface area contributed by atoms with E-state index >= 15 is 0 Å². The van der Waals surface area contributed by atoms with Crippen LogP contribution in [0.2, 0.25) is 0 Å². The summed E-state index contributed by atoms with van der Waals surface area (Å²) in [4.78, 5) is 15.1. The Morgan fingerprint density at radius 3 is 2.44 bits per heavy atom. The van der Waals surface area contributed by atoms with Gasteiger partial charge < -0.3 is 10.1 Å². The Bertz CT molecular complexity index is 1110. The minimum atomic E-state index is -0.0633. The van der Waals surface area contributed by atoms with Crippen LogP contribution < -0.4 is 10.1 Å². The number of methoxy groups -OCH3 is 1. The molecule has 7 nitrogen and oxygen atoms in total. The van der Waals surface area contributed by atoms with E-state index in [2.05, 4.69) is 47.3 Å². The number of anilines is 1. The molecule has 1 heterocycles. The lowest BCUT2D eigenvalue weighted by molar-refractivity contribution is -0.113. The Morgan fingerprint density at radius 1 is 1.15 bits per heavy atom. The standard InChI is InChI=1S/C26H35N5O2S/c1-8-22(30(5)6)25-28-29-26(31(25)19-12-14-20(33-7)15-13-19)34-16-23(32)27-24-18(4)10-9-11-21(24)17(2)3/h9-15,17,22H,8,16H2,1-7H3,(H,27,32). The molecule has 0 aliphatic rings. The topological polar surface area (TPSA) is 72.3 Å². The molecule has 0 fully saturated rings. The van der Waals surface area contributed by atoms with Gasteiger partial charge in [0.1, 0.15) is 5.75 Å². The second-order valence-corrected chi connectivity index (χ2v) is 9.74. The number of carbonyl (C=O) groups excluding carboxylic acids is 1. The van der Waals surface area contributed by atoms with Gasteiger partial charge in [0.15, 0.2) is 11.0 Å².